The van der Waals surface area contributed by atoms with Gasteiger partial charge in [0.15, 0.2) is 0 Å². The Morgan fingerprint density at radius 1 is 1.18 bits per heavy atom. The molecule has 0 unspecified atom stereocenters. The Balaban J connectivity index is 2.24. The highest BCUT2D eigenvalue weighted by Crippen LogP contribution is 2.32. The number of benzene rings is 1. The van der Waals surface area contributed by atoms with Crippen molar-refractivity contribution in [2.75, 3.05) is 25.5 Å². The van der Waals surface area contributed by atoms with E-state index < -0.39 is 0 Å². The fourth-order valence-electron chi connectivity index (χ4n) is 2.38. The number of nitrogens with one attached hydrogen (secondary N) is 1. The summed E-state index contributed by atoms with van der Waals surface area (Å²) in [6.45, 7) is 1.41. The van der Waals surface area contributed by atoms with E-state index in [9.17, 15) is 0 Å². The number of nitrogens with zero attached hydrogens (tertiary/aromatic N) is 2. The summed E-state index contributed by atoms with van der Waals surface area (Å²) in [7, 11) is 1.60. The van der Waals surface area contributed by atoms with Crippen molar-refractivity contribution in [2.45, 2.75) is 6.42 Å². The summed E-state index contributed by atoms with van der Waals surface area (Å²) in [4.78, 5) is 9.17. The molecule has 0 saturated heterocycles. The summed E-state index contributed by atoms with van der Waals surface area (Å²) in [5.74, 6) is 0.560. The number of anilines is 1. The lowest BCUT2D eigenvalue weighted by molar-refractivity contribution is 0.399. The highest BCUT2D eigenvalue weighted by atomic mass is 35.5. The van der Waals surface area contributed by atoms with Crippen molar-refractivity contribution >= 4 is 39.2 Å². The van der Waals surface area contributed by atoms with Crippen molar-refractivity contribution in [3.63, 3.8) is 0 Å². The van der Waals surface area contributed by atoms with E-state index in [1.165, 1.54) is 0 Å². The first-order valence-electron chi connectivity index (χ1n) is 7.11. The Hall–Kier alpha value is -2.11. The summed E-state index contributed by atoms with van der Waals surface area (Å²) < 4.78 is 5.23. The number of halogens is 1. The first-order valence-corrected chi connectivity index (χ1v) is 7.48. The van der Waals surface area contributed by atoms with Gasteiger partial charge in [0.2, 0.25) is 5.88 Å². The van der Waals surface area contributed by atoms with Gasteiger partial charge in [-0.25, -0.2) is 9.97 Å². The van der Waals surface area contributed by atoms with E-state index in [-0.39, 0.29) is 0 Å². The van der Waals surface area contributed by atoms with Crippen LogP contribution in [-0.4, -0.2) is 30.2 Å². The molecule has 2 heterocycles. The number of methoxy groups -OCH3 is 1. The van der Waals surface area contributed by atoms with Gasteiger partial charge < -0.3 is 15.8 Å². The number of rotatable bonds is 5. The maximum atomic E-state index is 6.08. The summed E-state index contributed by atoms with van der Waals surface area (Å²) in [6.07, 6.45) is 0.878. The molecule has 2 aromatic heterocycles. The number of hydrogen-bond donors (Lipinski definition) is 2. The van der Waals surface area contributed by atoms with Gasteiger partial charge in [-0.05, 0) is 37.2 Å². The number of aromatic nitrogens is 2. The SMILES string of the molecule is COc1ccc2nc3cc(Cl)ccc3c(NCCCN)c2n1. The van der Waals surface area contributed by atoms with Crippen molar-refractivity contribution in [1.82, 2.24) is 9.97 Å². The lowest BCUT2D eigenvalue weighted by Gasteiger charge is -2.13. The zero-order valence-electron chi connectivity index (χ0n) is 12.3. The molecule has 0 spiro atoms. The molecule has 0 aliphatic carbocycles. The molecule has 6 heteroatoms. The van der Waals surface area contributed by atoms with Crippen LogP contribution in [-0.2, 0) is 0 Å². The van der Waals surface area contributed by atoms with Crippen molar-refractivity contribution < 1.29 is 4.74 Å². The molecular weight excluding hydrogens is 300 g/mol. The third-order valence-corrected chi connectivity index (χ3v) is 3.68. The second-order valence-electron chi connectivity index (χ2n) is 4.94. The predicted molar refractivity (Wildman–Crippen MR) is 90.8 cm³/mol. The Labute approximate surface area is 133 Å². The first-order chi connectivity index (χ1) is 10.7. The quantitative estimate of drug-likeness (QED) is 0.558. The molecule has 5 nitrogen and oxygen atoms in total. The first kappa shape index (κ1) is 14.8. The Morgan fingerprint density at radius 3 is 2.82 bits per heavy atom. The van der Waals surface area contributed by atoms with E-state index >= 15 is 0 Å². The van der Waals surface area contributed by atoms with Gasteiger partial charge in [0.05, 0.1) is 23.8 Å². The number of hydrogen-bond acceptors (Lipinski definition) is 5. The molecule has 3 rings (SSSR count). The van der Waals surface area contributed by atoms with Crippen molar-refractivity contribution in [3.8, 4) is 5.88 Å². The minimum Gasteiger partial charge on any atom is -0.481 e. The third kappa shape index (κ3) is 2.77. The Bertz CT molecular complexity index is 822. The van der Waals surface area contributed by atoms with Crippen LogP contribution in [0.5, 0.6) is 5.88 Å². The lowest BCUT2D eigenvalue weighted by Crippen LogP contribution is -2.09. The van der Waals surface area contributed by atoms with Crippen molar-refractivity contribution in [2.24, 2.45) is 5.73 Å². The van der Waals surface area contributed by atoms with Crippen molar-refractivity contribution in [1.29, 1.82) is 0 Å². The number of fused-ring (bicyclic) bond motifs is 2. The molecule has 3 N–H and O–H groups in total. The number of ether oxygens (including phenoxy) is 1. The van der Waals surface area contributed by atoms with Crippen LogP contribution in [0.4, 0.5) is 5.69 Å². The van der Waals surface area contributed by atoms with Gasteiger partial charge >= 0.3 is 0 Å². The molecule has 0 bridgehead atoms. The molecule has 3 aromatic rings. The molecule has 0 saturated carbocycles. The topological polar surface area (TPSA) is 73.1 Å². The molecule has 0 amide bonds. The summed E-state index contributed by atoms with van der Waals surface area (Å²) in [5, 5.41) is 5.06. The Morgan fingerprint density at radius 2 is 2.05 bits per heavy atom. The summed E-state index contributed by atoms with van der Waals surface area (Å²) >= 11 is 6.08. The molecule has 0 aliphatic rings. The zero-order valence-corrected chi connectivity index (χ0v) is 13.0. The van der Waals surface area contributed by atoms with Crippen LogP contribution < -0.4 is 15.8 Å². The van der Waals surface area contributed by atoms with Crippen molar-refractivity contribution in [3.05, 3.63) is 35.4 Å². The maximum absolute atomic E-state index is 6.08. The van der Waals surface area contributed by atoms with Gasteiger partial charge in [-0.2, -0.15) is 0 Å². The molecule has 0 fully saturated rings. The second kappa shape index (κ2) is 6.34. The van der Waals surface area contributed by atoms with Gasteiger partial charge in [-0.3, -0.25) is 0 Å². The van der Waals surface area contributed by atoms with Crippen LogP contribution in [0.1, 0.15) is 6.42 Å². The molecular formula is C16H17ClN4O. The highest BCUT2D eigenvalue weighted by Gasteiger charge is 2.11. The lowest BCUT2D eigenvalue weighted by atomic mass is 10.1. The fraction of sp³-hybridized carbons (Fsp3) is 0.250. The maximum Gasteiger partial charge on any atom is 0.213 e. The Kier molecular flexibility index (Phi) is 4.27. The molecule has 0 atom stereocenters. The van der Waals surface area contributed by atoms with E-state index in [1.54, 1.807) is 13.2 Å². The van der Waals surface area contributed by atoms with E-state index in [0.717, 1.165) is 40.6 Å². The molecule has 0 radical (unpaired) electrons. The van der Waals surface area contributed by atoms with Crippen LogP contribution in [0.25, 0.3) is 21.9 Å². The standard InChI is InChI=1S/C16H17ClN4O/c1-22-14-6-5-12-16(21-14)15(19-8-2-7-18)11-4-3-10(17)9-13(11)20-12/h3-6,9H,2,7-8,18H2,1H3,(H,19,20). The third-order valence-electron chi connectivity index (χ3n) is 3.45. The van der Waals surface area contributed by atoms with Crippen LogP contribution in [0.15, 0.2) is 30.3 Å². The van der Waals surface area contributed by atoms with Crippen LogP contribution in [0.2, 0.25) is 5.02 Å². The molecule has 0 aliphatic heterocycles. The minimum atomic E-state index is 0.560. The largest absolute Gasteiger partial charge is 0.481 e. The van der Waals surface area contributed by atoms with Gasteiger partial charge in [-0.15, -0.1) is 0 Å². The summed E-state index contributed by atoms with van der Waals surface area (Å²) in [6, 6.07) is 9.36. The minimum absolute atomic E-state index is 0.560. The van der Waals surface area contributed by atoms with Crippen LogP contribution >= 0.6 is 11.6 Å². The van der Waals surface area contributed by atoms with E-state index in [1.807, 2.05) is 24.3 Å². The van der Waals surface area contributed by atoms with E-state index in [2.05, 4.69) is 15.3 Å². The van der Waals surface area contributed by atoms with Gasteiger partial charge in [0.25, 0.3) is 0 Å². The van der Waals surface area contributed by atoms with E-state index in [0.29, 0.717) is 17.4 Å². The van der Waals surface area contributed by atoms with Gasteiger partial charge in [-0.1, -0.05) is 11.6 Å². The predicted octanol–water partition coefficient (Wildman–Crippen LogP) is 3.21. The highest BCUT2D eigenvalue weighted by molar-refractivity contribution is 6.31. The molecule has 114 valence electrons. The fourth-order valence-corrected chi connectivity index (χ4v) is 2.55. The normalized spacial score (nSPS) is 11.0. The summed E-state index contributed by atoms with van der Waals surface area (Å²) in [5.41, 5.74) is 8.93. The molecule has 22 heavy (non-hydrogen) atoms. The van der Waals surface area contributed by atoms with Crippen LogP contribution in [0, 0.1) is 0 Å². The van der Waals surface area contributed by atoms with Gasteiger partial charge in [0, 0.05) is 23.0 Å². The smallest absolute Gasteiger partial charge is 0.213 e. The zero-order chi connectivity index (χ0) is 15.5. The number of pyridine rings is 2. The van der Waals surface area contributed by atoms with Gasteiger partial charge in [0.1, 0.15) is 5.52 Å². The van der Waals surface area contributed by atoms with E-state index in [4.69, 9.17) is 22.1 Å². The molecule has 1 aromatic carbocycles. The van der Waals surface area contributed by atoms with Crippen LogP contribution in [0.3, 0.4) is 0 Å². The monoisotopic (exact) mass is 316 g/mol. The average Bonchev–Trinajstić information content (AvgIpc) is 2.53. The average molecular weight is 317 g/mol. The second-order valence-corrected chi connectivity index (χ2v) is 5.38. The number of nitrogens with two attached hydrogens (primary N) is 1.